The highest BCUT2D eigenvalue weighted by atomic mass is 32.1. The van der Waals surface area contributed by atoms with Crippen molar-refractivity contribution in [3.8, 4) is 22.8 Å². The summed E-state index contributed by atoms with van der Waals surface area (Å²) in [6.45, 7) is 2.45. The molecular formula is C19H19N3O3S. The van der Waals surface area contributed by atoms with Gasteiger partial charge in [-0.3, -0.25) is 4.79 Å². The molecule has 7 heteroatoms. The quantitative estimate of drug-likeness (QED) is 0.661. The van der Waals surface area contributed by atoms with Crippen LogP contribution >= 0.6 is 11.3 Å². The van der Waals surface area contributed by atoms with Gasteiger partial charge in [0.2, 0.25) is 0 Å². The molecule has 0 atom stereocenters. The molecule has 3 rings (SSSR count). The zero-order chi connectivity index (χ0) is 18.4. The van der Waals surface area contributed by atoms with Crippen LogP contribution in [0.25, 0.3) is 11.3 Å². The highest BCUT2D eigenvalue weighted by Gasteiger charge is 2.07. The Balaban J connectivity index is 1.56. The maximum Gasteiger partial charge on any atom is 0.262 e. The summed E-state index contributed by atoms with van der Waals surface area (Å²) in [6.07, 6.45) is 0. The second kappa shape index (κ2) is 8.35. The maximum atomic E-state index is 12.1. The Kier molecular flexibility index (Phi) is 5.70. The predicted molar refractivity (Wildman–Crippen MR) is 104 cm³/mol. The van der Waals surface area contributed by atoms with Crippen LogP contribution in [0.4, 0.5) is 10.8 Å². The lowest BCUT2D eigenvalue weighted by molar-refractivity contribution is -0.118. The predicted octanol–water partition coefficient (Wildman–Crippen LogP) is 3.81. The van der Waals surface area contributed by atoms with Crippen molar-refractivity contribution in [2.75, 3.05) is 24.3 Å². The van der Waals surface area contributed by atoms with Crippen LogP contribution in [0.2, 0.25) is 0 Å². The number of carbonyl (C=O) groups is 1. The molecule has 0 radical (unpaired) electrons. The summed E-state index contributed by atoms with van der Waals surface area (Å²) in [5.41, 5.74) is 8.02. The first-order valence-corrected chi connectivity index (χ1v) is 8.99. The van der Waals surface area contributed by atoms with Crippen molar-refractivity contribution in [2.24, 2.45) is 0 Å². The summed E-state index contributed by atoms with van der Waals surface area (Å²) < 4.78 is 10.9. The molecule has 0 aliphatic heterocycles. The fraction of sp³-hybridized carbons (Fsp3) is 0.158. The van der Waals surface area contributed by atoms with E-state index < -0.39 is 0 Å². The molecule has 1 aromatic heterocycles. The molecule has 3 N–H and O–H groups in total. The fourth-order valence-corrected chi connectivity index (χ4v) is 2.89. The molecule has 1 amide bonds. The third-order valence-corrected chi connectivity index (χ3v) is 4.14. The number of aromatic nitrogens is 1. The normalized spacial score (nSPS) is 10.3. The number of rotatable bonds is 7. The van der Waals surface area contributed by atoms with E-state index in [1.165, 1.54) is 11.3 Å². The number of nitrogens with two attached hydrogens (primary N) is 1. The first-order valence-electron chi connectivity index (χ1n) is 8.11. The van der Waals surface area contributed by atoms with Gasteiger partial charge in [-0.05, 0) is 43.3 Å². The minimum Gasteiger partial charge on any atom is -0.494 e. The summed E-state index contributed by atoms with van der Waals surface area (Å²) in [6, 6.07) is 14.6. The number of nitrogens with zero attached hydrogens (tertiary/aromatic N) is 1. The van der Waals surface area contributed by atoms with Gasteiger partial charge < -0.3 is 20.5 Å². The lowest BCUT2D eigenvalue weighted by Gasteiger charge is -2.09. The van der Waals surface area contributed by atoms with Crippen LogP contribution in [-0.4, -0.2) is 24.1 Å². The van der Waals surface area contributed by atoms with Crippen LogP contribution in [0.15, 0.2) is 53.9 Å². The average molecular weight is 369 g/mol. The molecule has 2 aromatic carbocycles. The lowest BCUT2D eigenvalue weighted by atomic mass is 10.1. The van der Waals surface area contributed by atoms with E-state index in [1.807, 2.05) is 36.6 Å². The van der Waals surface area contributed by atoms with Gasteiger partial charge in [0.25, 0.3) is 5.91 Å². The smallest absolute Gasteiger partial charge is 0.262 e. The van der Waals surface area contributed by atoms with Gasteiger partial charge in [0, 0.05) is 16.6 Å². The van der Waals surface area contributed by atoms with E-state index in [-0.39, 0.29) is 12.5 Å². The van der Waals surface area contributed by atoms with E-state index in [2.05, 4.69) is 10.3 Å². The molecule has 0 bridgehead atoms. The van der Waals surface area contributed by atoms with Gasteiger partial charge in [0.05, 0.1) is 12.3 Å². The third kappa shape index (κ3) is 4.73. The van der Waals surface area contributed by atoms with Crippen LogP contribution in [0.3, 0.4) is 0 Å². The molecule has 1 heterocycles. The van der Waals surface area contributed by atoms with Crippen molar-refractivity contribution in [3.63, 3.8) is 0 Å². The molecule has 0 spiro atoms. The van der Waals surface area contributed by atoms with Gasteiger partial charge in [0.1, 0.15) is 11.5 Å². The van der Waals surface area contributed by atoms with Crippen molar-refractivity contribution in [2.45, 2.75) is 6.92 Å². The Hall–Kier alpha value is -3.06. The Morgan fingerprint density at radius 1 is 1.15 bits per heavy atom. The summed E-state index contributed by atoms with van der Waals surface area (Å²) in [5.74, 6) is 1.13. The molecule has 0 aliphatic rings. The van der Waals surface area contributed by atoms with E-state index in [9.17, 15) is 4.79 Å². The highest BCUT2D eigenvalue weighted by molar-refractivity contribution is 7.13. The van der Waals surface area contributed by atoms with Crippen molar-refractivity contribution in [1.29, 1.82) is 0 Å². The van der Waals surface area contributed by atoms with Crippen LogP contribution in [-0.2, 0) is 4.79 Å². The van der Waals surface area contributed by atoms with Gasteiger partial charge in [-0.2, -0.15) is 0 Å². The van der Waals surface area contributed by atoms with Crippen molar-refractivity contribution in [3.05, 3.63) is 53.9 Å². The highest BCUT2D eigenvalue weighted by Crippen LogP contribution is 2.25. The average Bonchev–Trinajstić information content (AvgIpc) is 3.08. The molecule has 0 aliphatic carbocycles. The van der Waals surface area contributed by atoms with Crippen molar-refractivity contribution < 1.29 is 14.3 Å². The third-order valence-electron chi connectivity index (χ3n) is 3.47. The Bertz CT molecular complexity index is 878. The molecule has 134 valence electrons. The number of anilines is 2. The Morgan fingerprint density at radius 2 is 1.88 bits per heavy atom. The second-order valence-electron chi connectivity index (χ2n) is 5.39. The van der Waals surface area contributed by atoms with E-state index >= 15 is 0 Å². The van der Waals surface area contributed by atoms with Gasteiger partial charge in [0.15, 0.2) is 11.7 Å². The van der Waals surface area contributed by atoms with E-state index in [0.717, 1.165) is 17.0 Å². The monoisotopic (exact) mass is 369 g/mol. The summed E-state index contributed by atoms with van der Waals surface area (Å²) in [7, 11) is 0. The summed E-state index contributed by atoms with van der Waals surface area (Å²) >= 11 is 1.38. The number of hydrogen-bond acceptors (Lipinski definition) is 6. The topological polar surface area (TPSA) is 86.5 Å². The van der Waals surface area contributed by atoms with E-state index in [4.69, 9.17) is 15.2 Å². The van der Waals surface area contributed by atoms with Crippen LogP contribution in [0.1, 0.15) is 6.92 Å². The van der Waals surface area contributed by atoms with Crippen LogP contribution in [0, 0.1) is 0 Å². The van der Waals surface area contributed by atoms with Crippen molar-refractivity contribution in [1.82, 2.24) is 4.98 Å². The second-order valence-corrected chi connectivity index (χ2v) is 6.28. The fourth-order valence-electron chi connectivity index (χ4n) is 2.32. The summed E-state index contributed by atoms with van der Waals surface area (Å²) in [5, 5.41) is 5.21. The number of benzene rings is 2. The van der Waals surface area contributed by atoms with Gasteiger partial charge in [-0.1, -0.05) is 12.1 Å². The Morgan fingerprint density at radius 3 is 2.54 bits per heavy atom. The first kappa shape index (κ1) is 17.8. The molecular weight excluding hydrogens is 350 g/mol. The number of nitrogen functional groups attached to an aromatic ring is 1. The molecule has 6 nitrogen and oxygen atoms in total. The molecule has 0 fully saturated rings. The standard InChI is InChI=1S/C19H19N3O3S/c1-2-24-15-6-8-16(9-7-15)25-11-18(23)21-14-5-3-4-13(10-14)17-12-26-19(20)22-17/h3-10,12H,2,11H2,1H3,(H2,20,22)(H,21,23). The number of nitrogens with one attached hydrogen (secondary N) is 1. The minimum absolute atomic E-state index is 0.0815. The molecule has 0 saturated carbocycles. The zero-order valence-electron chi connectivity index (χ0n) is 14.3. The molecule has 0 unspecified atom stereocenters. The van der Waals surface area contributed by atoms with Gasteiger partial charge in [-0.25, -0.2) is 4.98 Å². The first-order chi connectivity index (χ1) is 12.6. The molecule has 0 saturated heterocycles. The lowest BCUT2D eigenvalue weighted by Crippen LogP contribution is -2.20. The van der Waals surface area contributed by atoms with Crippen LogP contribution in [0.5, 0.6) is 11.5 Å². The number of hydrogen-bond donors (Lipinski definition) is 2. The van der Waals surface area contributed by atoms with Crippen molar-refractivity contribution >= 4 is 28.1 Å². The number of ether oxygens (including phenoxy) is 2. The van der Waals surface area contributed by atoms with E-state index in [0.29, 0.717) is 23.2 Å². The Labute approximate surface area is 155 Å². The van der Waals surface area contributed by atoms with Gasteiger partial charge >= 0.3 is 0 Å². The zero-order valence-corrected chi connectivity index (χ0v) is 15.1. The number of carbonyl (C=O) groups excluding carboxylic acids is 1. The van der Waals surface area contributed by atoms with Gasteiger partial charge in [-0.15, -0.1) is 11.3 Å². The number of thiazole rings is 1. The SMILES string of the molecule is CCOc1ccc(OCC(=O)Nc2cccc(-c3csc(N)n3)c2)cc1. The largest absolute Gasteiger partial charge is 0.494 e. The minimum atomic E-state index is -0.242. The maximum absolute atomic E-state index is 12.1. The molecule has 26 heavy (non-hydrogen) atoms. The summed E-state index contributed by atoms with van der Waals surface area (Å²) in [4.78, 5) is 16.4. The number of amides is 1. The van der Waals surface area contributed by atoms with Crippen LogP contribution < -0.4 is 20.5 Å². The van der Waals surface area contributed by atoms with E-state index in [1.54, 1.807) is 24.3 Å². The molecule has 3 aromatic rings.